The number of anilines is 2. The van der Waals surface area contributed by atoms with E-state index in [-0.39, 0.29) is 12.4 Å². The number of benzene rings is 2. The molecule has 0 fully saturated rings. The molecule has 5 aromatic rings. The zero-order valence-electron chi connectivity index (χ0n) is 17.2. The molecule has 0 aliphatic heterocycles. The molecular formula is C25H17FN4O3. The molecule has 5 rings (SSSR count). The molecule has 0 saturated heterocycles. The zero-order valence-corrected chi connectivity index (χ0v) is 17.2. The molecule has 3 heterocycles. The van der Waals surface area contributed by atoms with Gasteiger partial charge in [-0.1, -0.05) is 12.1 Å². The number of furan rings is 1. The zero-order chi connectivity index (χ0) is 22.6. The number of aldehydes is 1. The van der Waals surface area contributed by atoms with Crippen molar-refractivity contribution in [2.75, 3.05) is 5.32 Å². The SMILES string of the molecule is O=Cc1coc(-c2cc3c(Nc4ccc(OCc5cccc(F)c5)cc4)ncnc3cn2)c1. The van der Waals surface area contributed by atoms with Crippen LogP contribution in [0.1, 0.15) is 15.9 Å². The number of carbonyl (C=O) groups is 1. The summed E-state index contributed by atoms with van der Waals surface area (Å²) in [7, 11) is 0. The van der Waals surface area contributed by atoms with Gasteiger partial charge in [-0.15, -0.1) is 0 Å². The summed E-state index contributed by atoms with van der Waals surface area (Å²) >= 11 is 0. The molecule has 0 saturated carbocycles. The van der Waals surface area contributed by atoms with Crippen molar-refractivity contribution < 1.29 is 18.3 Å². The lowest BCUT2D eigenvalue weighted by Crippen LogP contribution is -1.98. The van der Waals surface area contributed by atoms with Crippen LogP contribution < -0.4 is 10.1 Å². The van der Waals surface area contributed by atoms with Crippen molar-refractivity contribution in [1.29, 1.82) is 0 Å². The van der Waals surface area contributed by atoms with E-state index in [1.165, 1.54) is 24.7 Å². The first kappa shape index (κ1) is 20.3. The summed E-state index contributed by atoms with van der Waals surface area (Å²) in [5.74, 6) is 1.45. The molecule has 0 aliphatic carbocycles. The van der Waals surface area contributed by atoms with Crippen LogP contribution in [0.25, 0.3) is 22.4 Å². The molecule has 3 aromatic heterocycles. The van der Waals surface area contributed by atoms with E-state index in [2.05, 4.69) is 20.3 Å². The van der Waals surface area contributed by atoms with Gasteiger partial charge in [-0.2, -0.15) is 0 Å². The van der Waals surface area contributed by atoms with Crippen LogP contribution in [0.3, 0.4) is 0 Å². The van der Waals surface area contributed by atoms with E-state index >= 15 is 0 Å². The molecule has 0 bridgehead atoms. The Kier molecular flexibility index (Phi) is 5.47. The van der Waals surface area contributed by atoms with Crippen LogP contribution in [-0.2, 0) is 6.61 Å². The summed E-state index contributed by atoms with van der Waals surface area (Å²) < 4.78 is 24.5. The molecule has 0 radical (unpaired) electrons. The van der Waals surface area contributed by atoms with Gasteiger partial charge >= 0.3 is 0 Å². The third-order valence-corrected chi connectivity index (χ3v) is 4.94. The molecule has 2 aromatic carbocycles. The number of nitrogens with one attached hydrogen (secondary N) is 1. The van der Waals surface area contributed by atoms with E-state index in [0.29, 0.717) is 34.1 Å². The lowest BCUT2D eigenvalue weighted by Gasteiger charge is -2.10. The van der Waals surface area contributed by atoms with Gasteiger partial charge in [-0.3, -0.25) is 9.78 Å². The van der Waals surface area contributed by atoms with E-state index in [9.17, 15) is 9.18 Å². The number of aromatic nitrogens is 3. The maximum Gasteiger partial charge on any atom is 0.153 e. The van der Waals surface area contributed by atoms with Crippen LogP contribution in [0.2, 0.25) is 0 Å². The molecule has 0 spiro atoms. The van der Waals surface area contributed by atoms with Crippen molar-refractivity contribution >= 4 is 28.7 Å². The summed E-state index contributed by atoms with van der Waals surface area (Å²) in [6.07, 6.45) is 5.19. The Balaban J connectivity index is 1.35. The van der Waals surface area contributed by atoms with Gasteiger partial charge in [0.25, 0.3) is 0 Å². The summed E-state index contributed by atoms with van der Waals surface area (Å²) in [6, 6.07) is 17.1. The predicted molar refractivity (Wildman–Crippen MR) is 121 cm³/mol. The highest BCUT2D eigenvalue weighted by atomic mass is 19.1. The smallest absolute Gasteiger partial charge is 0.153 e. The van der Waals surface area contributed by atoms with Crippen LogP contribution in [0.5, 0.6) is 5.75 Å². The van der Waals surface area contributed by atoms with E-state index in [4.69, 9.17) is 9.15 Å². The van der Waals surface area contributed by atoms with Gasteiger partial charge in [-0.25, -0.2) is 14.4 Å². The Morgan fingerprint density at radius 1 is 1.03 bits per heavy atom. The number of nitrogens with zero attached hydrogens (tertiary/aromatic N) is 3. The summed E-state index contributed by atoms with van der Waals surface area (Å²) in [4.78, 5) is 23.9. The monoisotopic (exact) mass is 440 g/mol. The van der Waals surface area contributed by atoms with Crippen LogP contribution in [-0.4, -0.2) is 21.2 Å². The molecule has 7 nitrogen and oxygen atoms in total. The first-order valence-electron chi connectivity index (χ1n) is 10.1. The highest BCUT2D eigenvalue weighted by molar-refractivity contribution is 5.92. The Morgan fingerprint density at radius 2 is 1.91 bits per heavy atom. The number of halogens is 1. The normalized spacial score (nSPS) is 10.8. The minimum atomic E-state index is -0.290. The summed E-state index contributed by atoms with van der Waals surface area (Å²) in [6.45, 7) is 0.273. The maximum absolute atomic E-state index is 13.3. The van der Waals surface area contributed by atoms with Crippen molar-refractivity contribution in [3.05, 3.63) is 96.4 Å². The Hall–Kier alpha value is -4.59. The highest BCUT2D eigenvalue weighted by Crippen LogP contribution is 2.28. The summed E-state index contributed by atoms with van der Waals surface area (Å²) in [5, 5.41) is 4.03. The molecule has 1 N–H and O–H groups in total. The molecule has 0 aliphatic rings. The van der Waals surface area contributed by atoms with Gasteiger partial charge < -0.3 is 14.5 Å². The van der Waals surface area contributed by atoms with Crippen LogP contribution in [0, 0.1) is 5.82 Å². The minimum absolute atomic E-state index is 0.273. The number of hydrogen-bond acceptors (Lipinski definition) is 7. The Bertz CT molecular complexity index is 1430. The molecular weight excluding hydrogens is 423 g/mol. The minimum Gasteiger partial charge on any atom is -0.489 e. The second kappa shape index (κ2) is 8.88. The van der Waals surface area contributed by atoms with Gasteiger partial charge in [0, 0.05) is 11.1 Å². The van der Waals surface area contributed by atoms with Gasteiger partial charge in [0.2, 0.25) is 0 Å². The van der Waals surface area contributed by atoms with Crippen molar-refractivity contribution in [1.82, 2.24) is 15.0 Å². The second-order valence-electron chi connectivity index (χ2n) is 7.24. The van der Waals surface area contributed by atoms with E-state index in [1.54, 1.807) is 18.3 Å². The summed E-state index contributed by atoms with van der Waals surface area (Å²) in [5.41, 5.74) is 3.22. The fraction of sp³-hybridized carbons (Fsp3) is 0.0400. The molecule has 33 heavy (non-hydrogen) atoms. The highest BCUT2D eigenvalue weighted by Gasteiger charge is 2.11. The first-order valence-corrected chi connectivity index (χ1v) is 10.1. The quantitative estimate of drug-likeness (QED) is 0.331. The first-order chi connectivity index (χ1) is 16.2. The van der Waals surface area contributed by atoms with Gasteiger partial charge in [-0.05, 0) is 54.1 Å². The van der Waals surface area contributed by atoms with Crippen molar-refractivity contribution in [3.8, 4) is 17.2 Å². The molecule has 8 heteroatoms. The Labute approximate surface area is 187 Å². The molecule has 0 atom stereocenters. The van der Waals surface area contributed by atoms with Crippen molar-refractivity contribution in [3.63, 3.8) is 0 Å². The van der Waals surface area contributed by atoms with Gasteiger partial charge in [0.1, 0.15) is 42.3 Å². The number of ether oxygens (including phenoxy) is 1. The lowest BCUT2D eigenvalue weighted by molar-refractivity contribution is 0.112. The predicted octanol–water partition coefficient (Wildman–Crippen LogP) is 5.56. The molecule has 0 unspecified atom stereocenters. The number of rotatable bonds is 7. The van der Waals surface area contributed by atoms with Crippen molar-refractivity contribution in [2.24, 2.45) is 0 Å². The van der Waals surface area contributed by atoms with Gasteiger partial charge in [0.15, 0.2) is 12.0 Å². The number of fused-ring (bicyclic) bond motifs is 1. The average Bonchev–Trinajstić information content (AvgIpc) is 3.33. The fourth-order valence-electron chi connectivity index (χ4n) is 3.31. The standard InChI is InChI=1S/C25H17FN4O3/c26-18-3-1-2-16(8-18)13-32-20-6-4-19(5-7-20)30-25-21-10-22(24-9-17(12-31)14-33-24)27-11-23(21)28-15-29-25/h1-12,14-15H,13H2,(H,28,29,30). The number of pyridine rings is 1. The third-order valence-electron chi connectivity index (χ3n) is 4.94. The van der Waals surface area contributed by atoms with Crippen LogP contribution in [0.15, 0.2) is 83.9 Å². The average molecular weight is 440 g/mol. The van der Waals surface area contributed by atoms with Crippen molar-refractivity contribution in [2.45, 2.75) is 6.61 Å². The largest absolute Gasteiger partial charge is 0.489 e. The fourth-order valence-corrected chi connectivity index (χ4v) is 3.31. The lowest BCUT2D eigenvalue weighted by atomic mass is 10.2. The number of hydrogen-bond donors (Lipinski definition) is 1. The molecule has 0 amide bonds. The van der Waals surface area contributed by atoms with Crippen LogP contribution in [0.4, 0.5) is 15.9 Å². The maximum atomic E-state index is 13.3. The second-order valence-corrected chi connectivity index (χ2v) is 7.24. The van der Waals surface area contributed by atoms with E-state index in [1.807, 2.05) is 36.4 Å². The van der Waals surface area contributed by atoms with E-state index < -0.39 is 0 Å². The topological polar surface area (TPSA) is 90.1 Å². The third kappa shape index (κ3) is 4.54. The molecule has 162 valence electrons. The number of carbonyl (C=O) groups excluding carboxylic acids is 1. The van der Waals surface area contributed by atoms with Gasteiger partial charge in [0.05, 0.1) is 17.3 Å². The Morgan fingerprint density at radius 3 is 2.70 bits per heavy atom. The van der Waals surface area contributed by atoms with E-state index in [0.717, 1.165) is 22.9 Å². The van der Waals surface area contributed by atoms with Crippen LogP contribution >= 0.6 is 0 Å².